The number of piperidine rings is 1. The average Bonchev–Trinajstić information content (AvgIpc) is 2.39. The standard InChI is InChI=1S/C15H22N2O/c1-3-12-7-4-5-9-14(12)16-15(18)13-8-6-10-17(2)11-13/h4-5,7,9,13H,3,6,8,10-11H2,1-2H3,(H,16,18)/t13-/m0/s1. The third-order valence-corrected chi connectivity index (χ3v) is 3.65. The third kappa shape index (κ3) is 3.10. The molecule has 0 unspecified atom stereocenters. The second-order valence-corrected chi connectivity index (χ2v) is 5.10. The lowest BCUT2D eigenvalue weighted by atomic mass is 9.97. The fourth-order valence-electron chi connectivity index (χ4n) is 2.57. The van der Waals surface area contributed by atoms with Gasteiger partial charge in [-0.3, -0.25) is 4.79 Å². The van der Waals surface area contributed by atoms with Crippen molar-refractivity contribution in [3.63, 3.8) is 0 Å². The van der Waals surface area contributed by atoms with Gasteiger partial charge in [0.2, 0.25) is 5.91 Å². The van der Waals surface area contributed by atoms with Crippen molar-refractivity contribution in [3.05, 3.63) is 29.8 Å². The minimum atomic E-state index is 0.133. The van der Waals surface area contributed by atoms with Gasteiger partial charge in [-0.2, -0.15) is 0 Å². The van der Waals surface area contributed by atoms with Crippen molar-refractivity contribution < 1.29 is 4.79 Å². The molecule has 98 valence electrons. The van der Waals surface area contributed by atoms with Gasteiger partial charge in [0.05, 0.1) is 5.92 Å². The molecule has 1 aliphatic rings. The Morgan fingerprint density at radius 1 is 1.44 bits per heavy atom. The minimum Gasteiger partial charge on any atom is -0.326 e. The van der Waals surface area contributed by atoms with E-state index < -0.39 is 0 Å². The monoisotopic (exact) mass is 246 g/mol. The number of para-hydroxylation sites is 1. The average molecular weight is 246 g/mol. The van der Waals surface area contributed by atoms with Crippen LogP contribution in [0.2, 0.25) is 0 Å². The molecule has 3 nitrogen and oxygen atoms in total. The summed E-state index contributed by atoms with van der Waals surface area (Å²) in [7, 11) is 2.08. The second kappa shape index (κ2) is 6.01. The molecule has 1 saturated heterocycles. The van der Waals surface area contributed by atoms with Crippen molar-refractivity contribution in [1.29, 1.82) is 0 Å². The number of nitrogens with zero attached hydrogens (tertiary/aromatic N) is 1. The van der Waals surface area contributed by atoms with Crippen LogP contribution in [0.3, 0.4) is 0 Å². The first-order chi connectivity index (χ1) is 8.70. The molecule has 1 aliphatic heterocycles. The van der Waals surface area contributed by atoms with Crippen molar-refractivity contribution in [2.24, 2.45) is 5.92 Å². The number of hydrogen-bond donors (Lipinski definition) is 1. The molecule has 0 aliphatic carbocycles. The Morgan fingerprint density at radius 3 is 2.94 bits per heavy atom. The summed E-state index contributed by atoms with van der Waals surface area (Å²) in [5.74, 6) is 0.302. The van der Waals surface area contributed by atoms with Crippen LogP contribution in [0.1, 0.15) is 25.3 Å². The first-order valence-electron chi connectivity index (χ1n) is 6.78. The minimum absolute atomic E-state index is 0.133. The zero-order valence-corrected chi connectivity index (χ0v) is 11.3. The van der Waals surface area contributed by atoms with Crippen LogP contribution in [0, 0.1) is 5.92 Å². The van der Waals surface area contributed by atoms with Gasteiger partial charge < -0.3 is 10.2 Å². The number of anilines is 1. The van der Waals surface area contributed by atoms with E-state index in [4.69, 9.17) is 0 Å². The largest absolute Gasteiger partial charge is 0.326 e. The SMILES string of the molecule is CCc1ccccc1NC(=O)[C@H]1CCCN(C)C1. The molecule has 18 heavy (non-hydrogen) atoms. The Bertz CT molecular complexity index is 417. The van der Waals surface area contributed by atoms with E-state index in [9.17, 15) is 4.79 Å². The Morgan fingerprint density at radius 2 is 2.22 bits per heavy atom. The van der Waals surface area contributed by atoms with Crippen molar-refractivity contribution in [3.8, 4) is 0 Å². The predicted octanol–water partition coefficient (Wildman–Crippen LogP) is 2.53. The lowest BCUT2D eigenvalue weighted by molar-refractivity contribution is -0.121. The highest BCUT2D eigenvalue weighted by Crippen LogP contribution is 2.20. The normalized spacial score (nSPS) is 20.7. The predicted molar refractivity (Wildman–Crippen MR) is 74.7 cm³/mol. The molecule has 1 heterocycles. The Balaban J connectivity index is 2.02. The molecule has 0 spiro atoms. The molecule has 0 saturated carbocycles. The molecule has 3 heteroatoms. The van der Waals surface area contributed by atoms with Crippen LogP contribution < -0.4 is 5.32 Å². The van der Waals surface area contributed by atoms with Gasteiger partial charge in [0.1, 0.15) is 0 Å². The summed E-state index contributed by atoms with van der Waals surface area (Å²) >= 11 is 0. The lowest BCUT2D eigenvalue weighted by Gasteiger charge is -2.28. The van der Waals surface area contributed by atoms with E-state index in [0.29, 0.717) is 0 Å². The maximum atomic E-state index is 12.2. The van der Waals surface area contributed by atoms with E-state index in [1.54, 1.807) is 0 Å². The van der Waals surface area contributed by atoms with Crippen molar-refractivity contribution in [2.75, 3.05) is 25.5 Å². The first-order valence-corrected chi connectivity index (χ1v) is 6.78. The number of nitrogens with one attached hydrogen (secondary N) is 1. The van der Waals surface area contributed by atoms with E-state index in [1.807, 2.05) is 18.2 Å². The van der Waals surface area contributed by atoms with Gasteiger partial charge in [0, 0.05) is 12.2 Å². The molecule has 0 radical (unpaired) electrons. The second-order valence-electron chi connectivity index (χ2n) is 5.10. The van der Waals surface area contributed by atoms with Gasteiger partial charge >= 0.3 is 0 Å². The van der Waals surface area contributed by atoms with E-state index in [-0.39, 0.29) is 11.8 Å². The zero-order valence-electron chi connectivity index (χ0n) is 11.3. The summed E-state index contributed by atoms with van der Waals surface area (Å²) in [5.41, 5.74) is 2.17. The Labute approximate surface area is 109 Å². The topological polar surface area (TPSA) is 32.3 Å². The van der Waals surface area contributed by atoms with Gasteiger partial charge in [0.15, 0.2) is 0 Å². The van der Waals surface area contributed by atoms with E-state index in [1.165, 1.54) is 5.56 Å². The molecule has 1 atom stereocenters. The summed E-state index contributed by atoms with van der Waals surface area (Å²) in [6, 6.07) is 8.05. The maximum Gasteiger partial charge on any atom is 0.228 e. The van der Waals surface area contributed by atoms with Gasteiger partial charge in [-0.15, -0.1) is 0 Å². The highest BCUT2D eigenvalue weighted by atomic mass is 16.1. The molecule has 0 bridgehead atoms. The summed E-state index contributed by atoms with van der Waals surface area (Å²) in [4.78, 5) is 14.5. The van der Waals surface area contributed by atoms with Crippen LogP contribution in [0.5, 0.6) is 0 Å². The number of rotatable bonds is 3. The Kier molecular flexibility index (Phi) is 4.37. The summed E-state index contributed by atoms with van der Waals surface area (Å²) in [6.07, 6.45) is 3.06. The molecule has 2 rings (SSSR count). The number of hydrogen-bond acceptors (Lipinski definition) is 2. The van der Waals surface area contributed by atoms with Crippen LogP contribution in [0.4, 0.5) is 5.69 Å². The third-order valence-electron chi connectivity index (χ3n) is 3.65. The van der Waals surface area contributed by atoms with Crippen LogP contribution in [0.25, 0.3) is 0 Å². The molecule has 1 fully saturated rings. The molecule has 1 amide bonds. The van der Waals surface area contributed by atoms with Crippen molar-refractivity contribution in [1.82, 2.24) is 4.90 Å². The number of carbonyl (C=O) groups is 1. The van der Waals surface area contributed by atoms with Crippen molar-refractivity contribution in [2.45, 2.75) is 26.2 Å². The van der Waals surface area contributed by atoms with Gasteiger partial charge in [-0.25, -0.2) is 0 Å². The van der Waals surface area contributed by atoms with E-state index >= 15 is 0 Å². The van der Waals surface area contributed by atoms with Crippen molar-refractivity contribution >= 4 is 11.6 Å². The first kappa shape index (κ1) is 13.1. The number of carbonyl (C=O) groups excluding carboxylic acids is 1. The molecule has 1 N–H and O–H groups in total. The van der Waals surface area contributed by atoms with Gasteiger partial charge in [-0.05, 0) is 44.5 Å². The van der Waals surface area contributed by atoms with Crippen LogP contribution >= 0.6 is 0 Å². The number of amides is 1. The molecular weight excluding hydrogens is 224 g/mol. The summed E-state index contributed by atoms with van der Waals surface area (Å²) in [6.45, 7) is 4.09. The summed E-state index contributed by atoms with van der Waals surface area (Å²) in [5, 5.41) is 3.09. The highest BCUT2D eigenvalue weighted by Gasteiger charge is 2.24. The number of benzene rings is 1. The van der Waals surface area contributed by atoms with Crippen LogP contribution in [-0.2, 0) is 11.2 Å². The Hall–Kier alpha value is -1.35. The zero-order chi connectivity index (χ0) is 13.0. The molecule has 0 aromatic heterocycles. The fraction of sp³-hybridized carbons (Fsp3) is 0.533. The van der Waals surface area contributed by atoms with Crippen LogP contribution in [-0.4, -0.2) is 30.9 Å². The maximum absolute atomic E-state index is 12.2. The highest BCUT2D eigenvalue weighted by molar-refractivity contribution is 5.93. The quantitative estimate of drug-likeness (QED) is 0.889. The molecule has 1 aromatic carbocycles. The lowest BCUT2D eigenvalue weighted by Crippen LogP contribution is -2.38. The molecular formula is C15H22N2O. The number of likely N-dealkylation sites (tertiary alicyclic amines) is 1. The van der Waals surface area contributed by atoms with E-state index in [0.717, 1.165) is 38.0 Å². The number of aryl methyl sites for hydroxylation is 1. The van der Waals surface area contributed by atoms with E-state index in [2.05, 4.69) is 30.3 Å². The van der Waals surface area contributed by atoms with Crippen LogP contribution in [0.15, 0.2) is 24.3 Å². The van der Waals surface area contributed by atoms with Gasteiger partial charge in [0.25, 0.3) is 0 Å². The summed E-state index contributed by atoms with van der Waals surface area (Å²) < 4.78 is 0. The smallest absolute Gasteiger partial charge is 0.228 e. The fourth-order valence-corrected chi connectivity index (χ4v) is 2.57. The molecule has 1 aromatic rings. The van der Waals surface area contributed by atoms with Gasteiger partial charge in [-0.1, -0.05) is 25.1 Å².